The van der Waals surface area contributed by atoms with Crippen LogP contribution in [0.25, 0.3) is 10.1 Å². The van der Waals surface area contributed by atoms with Crippen molar-refractivity contribution in [2.45, 2.75) is 56.5 Å². The van der Waals surface area contributed by atoms with E-state index in [1.807, 2.05) is 0 Å². The first kappa shape index (κ1) is 18.3. The second kappa shape index (κ2) is 7.36. The molecule has 29 heavy (non-hydrogen) atoms. The Morgan fingerprint density at radius 1 is 1.03 bits per heavy atom. The normalized spacial score (nSPS) is 32.6. The van der Waals surface area contributed by atoms with Crippen molar-refractivity contribution in [3.05, 3.63) is 34.7 Å². The Balaban J connectivity index is 1.26. The number of hydrogen-bond donors (Lipinski definition) is 1. The van der Waals surface area contributed by atoms with Crippen LogP contribution in [0.1, 0.15) is 59.7 Å². The molecule has 4 aliphatic heterocycles. The molecular formula is C24H30N2O2S. The molecule has 2 bridgehead atoms. The molecule has 4 nitrogen and oxygen atoms in total. The van der Waals surface area contributed by atoms with Gasteiger partial charge in [-0.1, -0.05) is 18.2 Å². The topological polar surface area (TPSA) is 41.6 Å². The summed E-state index contributed by atoms with van der Waals surface area (Å²) in [6.45, 7) is 4.16. The maximum Gasteiger partial charge on any atom is 0.261 e. The van der Waals surface area contributed by atoms with E-state index >= 15 is 0 Å². The number of carbonyl (C=O) groups excluding carboxylic acids is 1. The first-order chi connectivity index (χ1) is 14.3. The number of amides is 1. The number of thiophene rings is 1. The minimum absolute atomic E-state index is 0.147. The number of benzene rings is 1. The van der Waals surface area contributed by atoms with Gasteiger partial charge < -0.3 is 10.1 Å². The summed E-state index contributed by atoms with van der Waals surface area (Å²) in [6.07, 6.45) is 7.35. The predicted molar refractivity (Wildman–Crippen MR) is 117 cm³/mol. The lowest BCUT2D eigenvalue weighted by Crippen LogP contribution is -2.64. The molecule has 5 aliphatic rings. The van der Waals surface area contributed by atoms with Crippen LogP contribution in [0.4, 0.5) is 0 Å². The first-order valence-electron chi connectivity index (χ1n) is 11.4. The summed E-state index contributed by atoms with van der Waals surface area (Å²) in [5.74, 6) is 2.18. The van der Waals surface area contributed by atoms with Crippen molar-refractivity contribution in [1.29, 1.82) is 0 Å². The summed E-state index contributed by atoms with van der Waals surface area (Å²) in [5, 5.41) is 4.73. The molecule has 2 atom stereocenters. The molecule has 0 radical (unpaired) electrons. The van der Waals surface area contributed by atoms with Gasteiger partial charge in [-0.15, -0.1) is 11.3 Å². The molecule has 1 saturated carbocycles. The molecule has 5 heteroatoms. The van der Waals surface area contributed by atoms with Crippen LogP contribution in [0.15, 0.2) is 24.3 Å². The van der Waals surface area contributed by atoms with E-state index in [1.165, 1.54) is 54.4 Å². The van der Waals surface area contributed by atoms with E-state index in [9.17, 15) is 4.79 Å². The highest BCUT2D eigenvalue weighted by Gasteiger charge is 2.49. The molecule has 0 spiro atoms. The summed E-state index contributed by atoms with van der Waals surface area (Å²) in [6, 6.07) is 9.61. The predicted octanol–water partition coefficient (Wildman–Crippen LogP) is 4.40. The van der Waals surface area contributed by atoms with Gasteiger partial charge in [0, 0.05) is 30.0 Å². The van der Waals surface area contributed by atoms with Crippen molar-refractivity contribution < 1.29 is 9.53 Å². The van der Waals surface area contributed by atoms with Crippen molar-refractivity contribution in [3.8, 4) is 0 Å². The van der Waals surface area contributed by atoms with Gasteiger partial charge in [0.2, 0.25) is 0 Å². The molecule has 1 amide bonds. The third kappa shape index (κ3) is 3.31. The van der Waals surface area contributed by atoms with Gasteiger partial charge in [-0.2, -0.15) is 0 Å². The van der Waals surface area contributed by atoms with Crippen LogP contribution in [0, 0.1) is 11.8 Å². The monoisotopic (exact) mass is 410 g/mol. The lowest BCUT2D eigenvalue weighted by Gasteiger charge is -2.51. The Hall–Kier alpha value is -1.43. The fraction of sp³-hybridized carbons (Fsp3) is 0.625. The Labute approximate surface area is 176 Å². The zero-order valence-electron chi connectivity index (χ0n) is 16.9. The lowest BCUT2D eigenvalue weighted by atomic mass is 9.77. The van der Waals surface area contributed by atoms with Crippen molar-refractivity contribution in [2.75, 3.05) is 26.3 Å². The zero-order chi connectivity index (χ0) is 19.4. The van der Waals surface area contributed by atoms with Crippen molar-refractivity contribution in [2.24, 2.45) is 11.8 Å². The molecule has 1 aliphatic carbocycles. The van der Waals surface area contributed by atoms with E-state index in [0.717, 1.165) is 36.9 Å². The minimum Gasteiger partial charge on any atom is -0.381 e. The molecule has 1 aromatic heterocycles. The van der Waals surface area contributed by atoms with E-state index in [0.29, 0.717) is 23.9 Å². The van der Waals surface area contributed by atoms with Gasteiger partial charge >= 0.3 is 0 Å². The number of nitrogens with zero attached hydrogens (tertiary/aromatic N) is 1. The van der Waals surface area contributed by atoms with Crippen LogP contribution in [-0.2, 0) is 4.74 Å². The molecule has 1 aromatic carbocycles. The van der Waals surface area contributed by atoms with Crippen LogP contribution >= 0.6 is 11.3 Å². The Kier molecular flexibility index (Phi) is 4.66. The average Bonchev–Trinajstić information content (AvgIpc) is 3.51. The van der Waals surface area contributed by atoms with E-state index in [4.69, 9.17) is 4.74 Å². The van der Waals surface area contributed by atoms with E-state index < -0.39 is 0 Å². The standard InChI is InChI=1S/C24H30N2O2S/c27-24(25-21-16-6-10-26(11-7-16)22(21)17-4-5-17)20-14-18-2-1-3-19(23(18)29-20)15-8-12-28-13-9-15/h1-3,14-17,21-22H,4-13H2,(H,25,27)/t21-,22?/m1/s1. The van der Waals surface area contributed by atoms with E-state index in [1.54, 1.807) is 11.3 Å². The van der Waals surface area contributed by atoms with Crippen LogP contribution in [0.5, 0.6) is 0 Å². The van der Waals surface area contributed by atoms with Crippen LogP contribution < -0.4 is 5.32 Å². The number of nitrogens with one attached hydrogen (secondary N) is 1. The molecule has 4 saturated heterocycles. The van der Waals surface area contributed by atoms with Gasteiger partial charge in [-0.3, -0.25) is 9.69 Å². The summed E-state index contributed by atoms with van der Waals surface area (Å²) in [7, 11) is 0. The average molecular weight is 411 g/mol. The summed E-state index contributed by atoms with van der Waals surface area (Å²) in [5.41, 5.74) is 1.41. The highest BCUT2D eigenvalue weighted by molar-refractivity contribution is 7.21. The fourth-order valence-electron chi connectivity index (χ4n) is 6.07. The van der Waals surface area contributed by atoms with Crippen LogP contribution in [-0.4, -0.2) is 49.2 Å². The summed E-state index contributed by atoms with van der Waals surface area (Å²) in [4.78, 5) is 16.8. The Morgan fingerprint density at radius 3 is 2.59 bits per heavy atom. The quantitative estimate of drug-likeness (QED) is 0.812. The van der Waals surface area contributed by atoms with Gasteiger partial charge in [0.15, 0.2) is 0 Å². The SMILES string of the molecule is O=C(N[C@@H]1C2CCN(CC2)C1C1CC1)c1cc2cccc(C3CCOCC3)c2s1. The molecule has 7 rings (SSSR count). The molecule has 2 aromatic rings. The fourth-order valence-corrected chi connectivity index (χ4v) is 7.22. The van der Waals surface area contributed by atoms with Gasteiger partial charge in [0.05, 0.1) is 4.88 Å². The first-order valence-corrected chi connectivity index (χ1v) is 12.2. The summed E-state index contributed by atoms with van der Waals surface area (Å²) >= 11 is 1.69. The minimum atomic E-state index is 0.147. The molecule has 1 N–H and O–H groups in total. The number of ether oxygens (including phenoxy) is 1. The van der Waals surface area contributed by atoms with Gasteiger partial charge in [0.1, 0.15) is 0 Å². The molecule has 154 valence electrons. The highest BCUT2D eigenvalue weighted by atomic mass is 32.1. The van der Waals surface area contributed by atoms with E-state index in [-0.39, 0.29) is 5.91 Å². The number of rotatable bonds is 4. The highest BCUT2D eigenvalue weighted by Crippen LogP contribution is 2.45. The van der Waals surface area contributed by atoms with Crippen molar-refractivity contribution in [1.82, 2.24) is 10.2 Å². The second-order valence-corrected chi connectivity index (χ2v) is 10.5. The van der Waals surface area contributed by atoms with E-state index in [2.05, 4.69) is 34.5 Å². The number of fused-ring (bicyclic) bond motifs is 4. The third-order valence-corrected chi connectivity index (χ3v) is 8.93. The maximum atomic E-state index is 13.3. The smallest absolute Gasteiger partial charge is 0.261 e. The molecule has 5 heterocycles. The molecular weight excluding hydrogens is 380 g/mol. The largest absolute Gasteiger partial charge is 0.381 e. The van der Waals surface area contributed by atoms with Crippen molar-refractivity contribution >= 4 is 27.3 Å². The van der Waals surface area contributed by atoms with Crippen LogP contribution in [0.3, 0.4) is 0 Å². The van der Waals surface area contributed by atoms with Crippen molar-refractivity contribution in [3.63, 3.8) is 0 Å². The summed E-state index contributed by atoms with van der Waals surface area (Å²) < 4.78 is 6.86. The number of hydrogen-bond acceptors (Lipinski definition) is 4. The lowest BCUT2D eigenvalue weighted by molar-refractivity contribution is 0.00352. The maximum absolute atomic E-state index is 13.3. The zero-order valence-corrected chi connectivity index (χ0v) is 17.8. The number of carbonyl (C=O) groups is 1. The Morgan fingerprint density at radius 2 is 1.83 bits per heavy atom. The number of piperidine rings is 3. The molecule has 1 unspecified atom stereocenters. The Bertz CT molecular complexity index is 907. The van der Waals surface area contributed by atoms with Gasteiger partial charge in [0.25, 0.3) is 5.91 Å². The van der Waals surface area contributed by atoms with Gasteiger partial charge in [-0.25, -0.2) is 0 Å². The third-order valence-electron chi connectivity index (χ3n) is 7.73. The second-order valence-electron chi connectivity index (χ2n) is 9.46. The van der Waals surface area contributed by atoms with Crippen LogP contribution in [0.2, 0.25) is 0 Å². The molecule has 5 fully saturated rings. The van der Waals surface area contributed by atoms with Gasteiger partial charge in [-0.05, 0) is 86.4 Å².